The van der Waals surface area contributed by atoms with E-state index in [9.17, 15) is 4.79 Å². The molecule has 0 aliphatic rings. The molecule has 0 saturated heterocycles. The number of carboxylic acid groups (broad SMARTS) is 1. The van der Waals surface area contributed by atoms with E-state index in [0.29, 0.717) is 23.4 Å². The third-order valence-electron chi connectivity index (χ3n) is 2.43. The van der Waals surface area contributed by atoms with Crippen molar-refractivity contribution in [3.63, 3.8) is 0 Å². The Hall–Kier alpha value is -1.75. The van der Waals surface area contributed by atoms with Crippen LogP contribution in [0.15, 0.2) is 12.1 Å². The van der Waals surface area contributed by atoms with Gasteiger partial charge in [-0.1, -0.05) is 0 Å². The Balaban J connectivity index is 3.11. The number of hydrogen-bond donors (Lipinski definition) is 3. The van der Waals surface area contributed by atoms with Crippen molar-refractivity contribution in [1.29, 1.82) is 0 Å². The fourth-order valence-corrected chi connectivity index (χ4v) is 1.49. The van der Waals surface area contributed by atoms with Gasteiger partial charge in [-0.05, 0) is 38.2 Å². The molecule has 1 aromatic rings. The molecule has 5 nitrogen and oxygen atoms in total. The Bertz CT molecular complexity index is 402. The van der Waals surface area contributed by atoms with Gasteiger partial charge in [0.1, 0.15) is 0 Å². The first-order chi connectivity index (χ1) is 7.43. The van der Waals surface area contributed by atoms with E-state index < -0.39 is 5.97 Å². The molecule has 5 N–H and O–H groups in total. The standard InChI is InChI=1S/C11H17N3O2/c1-14(2)6-5-7-8(11(15)16)3-4-9(12)10(7)13/h3-4H,5-6,12-13H2,1-2H3,(H,15,16). The minimum Gasteiger partial charge on any atom is -0.478 e. The summed E-state index contributed by atoms with van der Waals surface area (Å²) in [5.74, 6) is -0.972. The molecule has 16 heavy (non-hydrogen) atoms. The van der Waals surface area contributed by atoms with Crippen LogP contribution in [0.3, 0.4) is 0 Å². The molecule has 0 aromatic heterocycles. The number of carboxylic acids is 1. The van der Waals surface area contributed by atoms with Crippen LogP contribution >= 0.6 is 0 Å². The first-order valence-corrected chi connectivity index (χ1v) is 4.98. The van der Waals surface area contributed by atoms with Gasteiger partial charge in [0.15, 0.2) is 0 Å². The second-order valence-corrected chi connectivity index (χ2v) is 3.95. The molecule has 1 rings (SSSR count). The van der Waals surface area contributed by atoms with Gasteiger partial charge in [0.2, 0.25) is 0 Å². The Kier molecular flexibility index (Phi) is 3.73. The van der Waals surface area contributed by atoms with Gasteiger partial charge >= 0.3 is 5.97 Å². The predicted octanol–water partition coefficient (Wildman–Crippen LogP) is 0.653. The van der Waals surface area contributed by atoms with E-state index in [1.807, 2.05) is 19.0 Å². The van der Waals surface area contributed by atoms with Crippen molar-refractivity contribution < 1.29 is 9.90 Å². The second-order valence-electron chi connectivity index (χ2n) is 3.95. The molecule has 0 aliphatic carbocycles. The first kappa shape index (κ1) is 12.3. The maximum absolute atomic E-state index is 11.0. The number of hydrogen-bond acceptors (Lipinski definition) is 4. The number of benzene rings is 1. The lowest BCUT2D eigenvalue weighted by atomic mass is 10.0. The maximum atomic E-state index is 11.0. The smallest absolute Gasteiger partial charge is 0.336 e. The average molecular weight is 223 g/mol. The number of anilines is 2. The lowest BCUT2D eigenvalue weighted by Gasteiger charge is -2.14. The van der Waals surface area contributed by atoms with Gasteiger partial charge in [-0.25, -0.2) is 4.79 Å². The molecule has 0 atom stereocenters. The minimum absolute atomic E-state index is 0.230. The number of carbonyl (C=O) groups is 1. The second kappa shape index (κ2) is 4.85. The highest BCUT2D eigenvalue weighted by Gasteiger charge is 2.14. The van der Waals surface area contributed by atoms with Crippen LogP contribution in [-0.4, -0.2) is 36.6 Å². The van der Waals surface area contributed by atoms with Crippen LogP contribution in [0.5, 0.6) is 0 Å². The largest absolute Gasteiger partial charge is 0.478 e. The number of rotatable bonds is 4. The van der Waals surface area contributed by atoms with Crippen molar-refractivity contribution in [2.45, 2.75) is 6.42 Å². The molecular weight excluding hydrogens is 206 g/mol. The normalized spacial score (nSPS) is 10.7. The number of aromatic carboxylic acids is 1. The number of nitrogen functional groups attached to an aromatic ring is 2. The number of nitrogens with zero attached hydrogens (tertiary/aromatic N) is 1. The van der Waals surface area contributed by atoms with Crippen LogP contribution in [0, 0.1) is 0 Å². The van der Waals surface area contributed by atoms with Crippen molar-refractivity contribution >= 4 is 17.3 Å². The van der Waals surface area contributed by atoms with Crippen LogP contribution in [0.1, 0.15) is 15.9 Å². The summed E-state index contributed by atoms with van der Waals surface area (Å²) < 4.78 is 0. The van der Waals surface area contributed by atoms with E-state index in [2.05, 4.69) is 0 Å². The van der Waals surface area contributed by atoms with Gasteiger partial charge in [0.25, 0.3) is 0 Å². The molecule has 0 unspecified atom stereocenters. The van der Waals surface area contributed by atoms with Crippen molar-refractivity contribution in [2.24, 2.45) is 0 Å². The van der Waals surface area contributed by atoms with Gasteiger partial charge in [0, 0.05) is 6.54 Å². The highest BCUT2D eigenvalue weighted by molar-refractivity contribution is 5.93. The highest BCUT2D eigenvalue weighted by Crippen LogP contribution is 2.24. The van der Waals surface area contributed by atoms with Crippen LogP contribution in [0.4, 0.5) is 11.4 Å². The summed E-state index contributed by atoms with van der Waals surface area (Å²) in [6, 6.07) is 3.02. The van der Waals surface area contributed by atoms with Gasteiger partial charge in [-0.2, -0.15) is 0 Å². The Morgan fingerprint density at radius 2 is 2.00 bits per heavy atom. The van der Waals surface area contributed by atoms with Crippen LogP contribution in [0.25, 0.3) is 0 Å². The molecule has 0 aliphatic heterocycles. The fraction of sp³-hybridized carbons (Fsp3) is 0.364. The van der Waals surface area contributed by atoms with E-state index in [4.69, 9.17) is 16.6 Å². The highest BCUT2D eigenvalue weighted by atomic mass is 16.4. The van der Waals surface area contributed by atoms with Crippen molar-refractivity contribution in [1.82, 2.24) is 4.90 Å². The molecule has 1 aromatic carbocycles. The lowest BCUT2D eigenvalue weighted by molar-refractivity contribution is 0.0695. The van der Waals surface area contributed by atoms with Gasteiger partial charge in [-0.3, -0.25) is 0 Å². The van der Waals surface area contributed by atoms with Crippen molar-refractivity contribution in [2.75, 3.05) is 32.1 Å². The molecule has 0 saturated carbocycles. The summed E-state index contributed by atoms with van der Waals surface area (Å²) in [5.41, 5.74) is 13.1. The topological polar surface area (TPSA) is 92.6 Å². The quantitative estimate of drug-likeness (QED) is 0.652. The monoisotopic (exact) mass is 223 g/mol. The fourth-order valence-electron chi connectivity index (χ4n) is 1.49. The average Bonchev–Trinajstić information content (AvgIpc) is 2.19. The van der Waals surface area contributed by atoms with E-state index >= 15 is 0 Å². The van der Waals surface area contributed by atoms with E-state index in [0.717, 1.165) is 6.54 Å². The maximum Gasteiger partial charge on any atom is 0.336 e. The zero-order chi connectivity index (χ0) is 12.3. The zero-order valence-corrected chi connectivity index (χ0v) is 9.53. The Labute approximate surface area is 94.7 Å². The summed E-state index contributed by atoms with van der Waals surface area (Å²) in [6.07, 6.45) is 0.575. The molecule has 0 fully saturated rings. The summed E-state index contributed by atoms with van der Waals surface area (Å²) in [4.78, 5) is 13.0. The molecule has 88 valence electrons. The van der Waals surface area contributed by atoms with Crippen molar-refractivity contribution in [3.05, 3.63) is 23.3 Å². The molecule has 0 radical (unpaired) electrons. The van der Waals surface area contributed by atoms with Gasteiger partial charge < -0.3 is 21.5 Å². The molecular formula is C11H17N3O2. The van der Waals surface area contributed by atoms with E-state index in [-0.39, 0.29) is 5.56 Å². The lowest BCUT2D eigenvalue weighted by Crippen LogP contribution is -2.18. The summed E-state index contributed by atoms with van der Waals surface area (Å²) in [6.45, 7) is 0.730. The van der Waals surface area contributed by atoms with Crippen LogP contribution in [0.2, 0.25) is 0 Å². The number of likely N-dealkylation sites (N-methyl/N-ethyl adjacent to an activating group) is 1. The molecule has 0 spiro atoms. The van der Waals surface area contributed by atoms with E-state index in [1.54, 1.807) is 0 Å². The van der Waals surface area contributed by atoms with Gasteiger partial charge in [-0.15, -0.1) is 0 Å². The Morgan fingerprint density at radius 1 is 1.38 bits per heavy atom. The summed E-state index contributed by atoms with van der Waals surface area (Å²) >= 11 is 0. The molecule has 5 heteroatoms. The minimum atomic E-state index is -0.972. The predicted molar refractivity (Wildman–Crippen MR) is 64.5 cm³/mol. The third kappa shape index (κ3) is 2.64. The van der Waals surface area contributed by atoms with E-state index in [1.165, 1.54) is 12.1 Å². The third-order valence-corrected chi connectivity index (χ3v) is 2.43. The Morgan fingerprint density at radius 3 is 2.50 bits per heavy atom. The van der Waals surface area contributed by atoms with Crippen molar-refractivity contribution in [3.8, 4) is 0 Å². The first-order valence-electron chi connectivity index (χ1n) is 4.98. The summed E-state index contributed by atoms with van der Waals surface area (Å²) in [7, 11) is 3.84. The number of nitrogens with two attached hydrogens (primary N) is 2. The van der Waals surface area contributed by atoms with Gasteiger partial charge in [0.05, 0.1) is 16.9 Å². The zero-order valence-electron chi connectivity index (χ0n) is 9.53. The van der Waals surface area contributed by atoms with Crippen LogP contribution < -0.4 is 11.5 Å². The summed E-state index contributed by atoms with van der Waals surface area (Å²) in [5, 5.41) is 9.04. The van der Waals surface area contributed by atoms with Crippen LogP contribution in [-0.2, 0) is 6.42 Å². The molecule has 0 amide bonds. The molecule has 0 bridgehead atoms. The molecule has 0 heterocycles. The SMILES string of the molecule is CN(C)CCc1c(C(=O)O)ccc(N)c1N.